The lowest BCUT2D eigenvalue weighted by molar-refractivity contribution is 0.424. The number of thioether (sulfide) groups is 1. The Morgan fingerprint density at radius 2 is 2.00 bits per heavy atom. The molecule has 0 fully saturated rings. The van der Waals surface area contributed by atoms with Gasteiger partial charge in [0, 0.05) is 22.7 Å². The van der Waals surface area contributed by atoms with Gasteiger partial charge in [-0.2, -0.15) is 11.3 Å². The van der Waals surface area contributed by atoms with Crippen LogP contribution in [0.2, 0.25) is 0 Å². The maximum atomic E-state index is 3.54. The van der Waals surface area contributed by atoms with Crippen molar-refractivity contribution in [2.75, 3.05) is 5.75 Å². The number of aryl methyl sites for hydroxylation is 1. The Hall–Kier alpha value is -0.770. The van der Waals surface area contributed by atoms with Crippen molar-refractivity contribution in [2.45, 2.75) is 44.2 Å². The molecule has 2 aromatic rings. The van der Waals surface area contributed by atoms with Crippen molar-refractivity contribution >= 4 is 23.1 Å². The van der Waals surface area contributed by atoms with Crippen LogP contribution in [0.1, 0.15) is 31.9 Å². The van der Waals surface area contributed by atoms with Crippen molar-refractivity contribution in [2.24, 2.45) is 0 Å². The van der Waals surface area contributed by atoms with Gasteiger partial charge in [-0.25, -0.2) is 0 Å². The normalized spacial score (nSPS) is 11.8. The molecule has 1 aromatic carbocycles. The molecular formula is C17H23NS2. The SMILES string of the molecule is CC(C)(C)NCc1cccc(SCCc2ccsc2)c1. The minimum Gasteiger partial charge on any atom is -0.308 e. The fraction of sp³-hybridized carbons (Fsp3) is 0.412. The van der Waals surface area contributed by atoms with Crippen molar-refractivity contribution in [3.8, 4) is 0 Å². The third kappa shape index (κ3) is 5.70. The van der Waals surface area contributed by atoms with E-state index in [-0.39, 0.29) is 5.54 Å². The van der Waals surface area contributed by atoms with E-state index in [0.717, 1.165) is 18.7 Å². The van der Waals surface area contributed by atoms with Crippen molar-refractivity contribution in [1.29, 1.82) is 0 Å². The van der Waals surface area contributed by atoms with Gasteiger partial charge < -0.3 is 5.32 Å². The summed E-state index contributed by atoms with van der Waals surface area (Å²) in [6, 6.07) is 11.1. The van der Waals surface area contributed by atoms with E-state index >= 15 is 0 Å². The second kappa shape index (κ2) is 7.30. The molecule has 0 radical (unpaired) electrons. The molecule has 0 atom stereocenters. The van der Waals surface area contributed by atoms with Crippen LogP contribution in [-0.2, 0) is 13.0 Å². The molecule has 0 aliphatic rings. The van der Waals surface area contributed by atoms with Gasteiger partial charge in [-0.15, -0.1) is 11.8 Å². The molecular weight excluding hydrogens is 282 g/mol. The third-order valence-electron chi connectivity index (χ3n) is 2.96. The van der Waals surface area contributed by atoms with Crippen LogP contribution in [0.25, 0.3) is 0 Å². The molecule has 0 saturated heterocycles. The first kappa shape index (κ1) is 15.6. The highest BCUT2D eigenvalue weighted by Gasteiger charge is 2.08. The maximum Gasteiger partial charge on any atom is 0.0210 e. The largest absolute Gasteiger partial charge is 0.308 e. The highest BCUT2D eigenvalue weighted by atomic mass is 32.2. The molecule has 2 rings (SSSR count). The summed E-state index contributed by atoms with van der Waals surface area (Å²) in [6.45, 7) is 7.54. The molecule has 1 aromatic heterocycles. The van der Waals surface area contributed by atoms with Crippen LogP contribution in [0, 0.1) is 0 Å². The van der Waals surface area contributed by atoms with E-state index in [1.54, 1.807) is 11.3 Å². The molecule has 0 aliphatic carbocycles. The molecule has 1 nitrogen and oxygen atoms in total. The molecule has 1 heterocycles. The van der Waals surface area contributed by atoms with Gasteiger partial charge in [-0.3, -0.25) is 0 Å². The lowest BCUT2D eigenvalue weighted by Gasteiger charge is -2.20. The van der Waals surface area contributed by atoms with Crippen LogP contribution >= 0.6 is 23.1 Å². The minimum absolute atomic E-state index is 0.169. The highest BCUT2D eigenvalue weighted by molar-refractivity contribution is 7.99. The van der Waals surface area contributed by atoms with Crippen molar-refractivity contribution in [3.63, 3.8) is 0 Å². The lowest BCUT2D eigenvalue weighted by atomic mass is 10.1. The van der Waals surface area contributed by atoms with Crippen LogP contribution in [-0.4, -0.2) is 11.3 Å². The van der Waals surface area contributed by atoms with Gasteiger partial charge in [-0.05, 0) is 67.3 Å². The first-order chi connectivity index (χ1) is 9.53. The van der Waals surface area contributed by atoms with E-state index in [2.05, 4.69) is 67.2 Å². The summed E-state index contributed by atoms with van der Waals surface area (Å²) >= 11 is 3.72. The fourth-order valence-electron chi connectivity index (χ4n) is 1.83. The summed E-state index contributed by atoms with van der Waals surface area (Å²) in [6.07, 6.45) is 1.15. The molecule has 0 aliphatic heterocycles. The van der Waals surface area contributed by atoms with Gasteiger partial charge >= 0.3 is 0 Å². The topological polar surface area (TPSA) is 12.0 Å². The zero-order valence-corrected chi connectivity index (χ0v) is 14.1. The van der Waals surface area contributed by atoms with Crippen LogP contribution < -0.4 is 5.32 Å². The minimum atomic E-state index is 0.169. The van der Waals surface area contributed by atoms with Gasteiger partial charge in [0.25, 0.3) is 0 Å². The quantitative estimate of drug-likeness (QED) is 0.756. The Balaban J connectivity index is 1.83. The summed E-state index contributed by atoms with van der Waals surface area (Å²) < 4.78 is 0. The lowest BCUT2D eigenvalue weighted by Crippen LogP contribution is -2.35. The second-order valence-electron chi connectivity index (χ2n) is 5.98. The van der Waals surface area contributed by atoms with Gasteiger partial charge in [0.05, 0.1) is 0 Å². The molecule has 1 N–H and O–H groups in total. The number of rotatable bonds is 6. The molecule has 0 amide bonds. The zero-order chi connectivity index (χ0) is 14.4. The molecule has 20 heavy (non-hydrogen) atoms. The first-order valence-corrected chi connectivity index (χ1v) is 8.94. The summed E-state index contributed by atoms with van der Waals surface area (Å²) in [5, 5.41) is 7.93. The monoisotopic (exact) mass is 305 g/mol. The van der Waals surface area contributed by atoms with E-state index in [0.29, 0.717) is 0 Å². The summed E-state index contributed by atoms with van der Waals surface area (Å²) in [4.78, 5) is 1.37. The van der Waals surface area contributed by atoms with E-state index in [4.69, 9.17) is 0 Å². The van der Waals surface area contributed by atoms with E-state index in [1.807, 2.05) is 11.8 Å². The molecule has 0 bridgehead atoms. The third-order valence-corrected chi connectivity index (χ3v) is 4.69. The smallest absolute Gasteiger partial charge is 0.0210 e. The van der Waals surface area contributed by atoms with Crippen LogP contribution in [0.4, 0.5) is 0 Å². The summed E-state index contributed by atoms with van der Waals surface area (Å²) in [5.74, 6) is 1.15. The molecule has 108 valence electrons. The molecule has 3 heteroatoms. The van der Waals surface area contributed by atoms with Gasteiger partial charge in [0.1, 0.15) is 0 Å². The fourth-order valence-corrected chi connectivity index (χ4v) is 3.52. The Kier molecular flexibility index (Phi) is 5.70. The van der Waals surface area contributed by atoms with Crippen molar-refractivity contribution in [1.82, 2.24) is 5.32 Å². The van der Waals surface area contributed by atoms with Crippen LogP contribution in [0.5, 0.6) is 0 Å². The van der Waals surface area contributed by atoms with Crippen LogP contribution in [0.15, 0.2) is 46.0 Å². The second-order valence-corrected chi connectivity index (χ2v) is 7.93. The maximum absolute atomic E-state index is 3.54. The highest BCUT2D eigenvalue weighted by Crippen LogP contribution is 2.21. The Morgan fingerprint density at radius 3 is 2.70 bits per heavy atom. The number of thiophene rings is 1. The van der Waals surface area contributed by atoms with Crippen molar-refractivity contribution < 1.29 is 0 Å². The van der Waals surface area contributed by atoms with Gasteiger partial charge in [-0.1, -0.05) is 12.1 Å². The first-order valence-electron chi connectivity index (χ1n) is 7.01. The van der Waals surface area contributed by atoms with Crippen LogP contribution in [0.3, 0.4) is 0 Å². The number of hydrogen-bond donors (Lipinski definition) is 1. The molecule has 0 unspecified atom stereocenters. The average molecular weight is 306 g/mol. The van der Waals surface area contributed by atoms with E-state index in [1.165, 1.54) is 16.0 Å². The summed E-state index contributed by atoms with van der Waals surface area (Å²) in [7, 11) is 0. The number of hydrogen-bond acceptors (Lipinski definition) is 3. The average Bonchev–Trinajstić information content (AvgIpc) is 2.89. The Labute approximate surface area is 130 Å². The predicted octanol–water partition coefficient (Wildman–Crippen LogP) is 4.97. The standard InChI is InChI=1S/C17H23NS2/c1-17(2,3)18-12-15-5-4-6-16(11-15)20-10-8-14-7-9-19-13-14/h4-7,9,11,13,18H,8,10,12H2,1-3H3. The van der Waals surface area contributed by atoms with Gasteiger partial charge in [0.15, 0.2) is 0 Å². The van der Waals surface area contributed by atoms with Gasteiger partial charge in [0.2, 0.25) is 0 Å². The van der Waals surface area contributed by atoms with E-state index in [9.17, 15) is 0 Å². The van der Waals surface area contributed by atoms with E-state index < -0.39 is 0 Å². The number of benzene rings is 1. The Bertz CT molecular complexity index is 512. The number of nitrogens with one attached hydrogen (secondary N) is 1. The molecule has 0 spiro atoms. The summed E-state index contributed by atoms with van der Waals surface area (Å²) in [5.41, 5.74) is 2.98. The molecule has 0 saturated carbocycles. The zero-order valence-electron chi connectivity index (χ0n) is 12.5. The van der Waals surface area contributed by atoms with Crippen molar-refractivity contribution in [3.05, 3.63) is 52.2 Å². The predicted molar refractivity (Wildman–Crippen MR) is 91.8 cm³/mol. The Morgan fingerprint density at radius 1 is 1.15 bits per heavy atom.